The fraction of sp³-hybridized carbons (Fsp3) is 0.667. The second kappa shape index (κ2) is 6.58. The monoisotopic (exact) mass is 282 g/mol. The molecule has 0 aromatic carbocycles. The van der Waals surface area contributed by atoms with E-state index in [1.165, 1.54) is 18.4 Å². The maximum atomic E-state index is 6.08. The zero-order chi connectivity index (χ0) is 13.8. The highest BCUT2D eigenvalue weighted by Crippen LogP contribution is 2.25. The number of alkyl halides is 1. The minimum Gasteiger partial charge on any atom is -0.376 e. The SMILES string of the molecule is Cc1cc(C)c(CCl)c(N(C)CC2CCCCO2)n1. The van der Waals surface area contributed by atoms with E-state index in [1.54, 1.807) is 0 Å². The Hall–Kier alpha value is -0.800. The molecule has 2 rings (SSSR count). The summed E-state index contributed by atoms with van der Waals surface area (Å²) in [5, 5.41) is 0. The van der Waals surface area contributed by atoms with E-state index in [9.17, 15) is 0 Å². The fourth-order valence-corrected chi connectivity index (χ4v) is 3.00. The number of likely N-dealkylation sites (N-methyl/N-ethyl adjacent to an activating group) is 1. The molecule has 0 N–H and O–H groups in total. The van der Waals surface area contributed by atoms with Gasteiger partial charge in [0.05, 0.1) is 12.0 Å². The summed E-state index contributed by atoms with van der Waals surface area (Å²) in [5.74, 6) is 1.51. The largest absolute Gasteiger partial charge is 0.376 e. The lowest BCUT2D eigenvalue weighted by Crippen LogP contribution is -2.34. The second-order valence-electron chi connectivity index (χ2n) is 5.39. The molecule has 4 heteroatoms. The highest BCUT2D eigenvalue weighted by atomic mass is 35.5. The van der Waals surface area contributed by atoms with Crippen molar-refractivity contribution in [1.82, 2.24) is 4.98 Å². The van der Waals surface area contributed by atoms with E-state index in [0.29, 0.717) is 12.0 Å². The van der Waals surface area contributed by atoms with Gasteiger partial charge in [0.2, 0.25) is 0 Å². The van der Waals surface area contributed by atoms with Crippen molar-refractivity contribution in [1.29, 1.82) is 0 Å². The zero-order valence-corrected chi connectivity index (χ0v) is 12.8. The first-order valence-electron chi connectivity index (χ1n) is 6.97. The minimum atomic E-state index is 0.324. The molecule has 1 unspecified atom stereocenters. The molecular formula is C15H23ClN2O. The van der Waals surface area contributed by atoms with Crippen LogP contribution in [0, 0.1) is 13.8 Å². The molecule has 0 aliphatic carbocycles. The number of halogens is 1. The summed E-state index contributed by atoms with van der Waals surface area (Å²) in [6.45, 7) is 5.90. The van der Waals surface area contributed by atoms with Crippen molar-refractivity contribution in [2.45, 2.75) is 45.1 Å². The number of hydrogen-bond acceptors (Lipinski definition) is 3. The average molecular weight is 283 g/mol. The number of hydrogen-bond donors (Lipinski definition) is 0. The van der Waals surface area contributed by atoms with Crippen LogP contribution in [-0.2, 0) is 10.6 Å². The molecule has 0 spiro atoms. The van der Waals surface area contributed by atoms with Crippen molar-refractivity contribution in [3.63, 3.8) is 0 Å². The first-order valence-corrected chi connectivity index (χ1v) is 7.51. The van der Waals surface area contributed by atoms with E-state index in [2.05, 4.69) is 29.9 Å². The zero-order valence-electron chi connectivity index (χ0n) is 12.1. The van der Waals surface area contributed by atoms with Gasteiger partial charge in [-0.25, -0.2) is 4.98 Å². The normalized spacial score (nSPS) is 19.5. The highest BCUT2D eigenvalue weighted by molar-refractivity contribution is 6.17. The molecular weight excluding hydrogens is 260 g/mol. The number of aromatic nitrogens is 1. The van der Waals surface area contributed by atoms with Crippen molar-refractivity contribution in [2.75, 3.05) is 25.1 Å². The van der Waals surface area contributed by atoms with E-state index in [4.69, 9.17) is 16.3 Å². The van der Waals surface area contributed by atoms with Crippen LogP contribution < -0.4 is 4.90 Å². The van der Waals surface area contributed by atoms with Gasteiger partial charge in [0.1, 0.15) is 5.82 Å². The van der Waals surface area contributed by atoms with Crippen molar-refractivity contribution in [3.05, 3.63) is 22.9 Å². The summed E-state index contributed by atoms with van der Waals surface area (Å²) in [6, 6.07) is 2.09. The van der Waals surface area contributed by atoms with Crippen LogP contribution >= 0.6 is 11.6 Å². The third-order valence-electron chi connectivity index (χ3n) is 3.70. The van der Waals surface area contributed by atoms with E-state index in [0.717, 1.165) is 36.6 Å². The molecule has 3 nitrogen and oxygen atoms in total. The van der Waals surface area contributed by atoms with Crippen LogP contribution in [-0.4, -0.2) is 31.3 Å². The van der Waals surface area contributed by atoms with Gasteiger partial charge in [-0.05, 0) is 44.7 Å². The van der Waals surface area contributed by atoms with E-state index in [1.807, 2.05) is 6.92 Å². The first kappa shape index (κ1) is 14.6. The van der Waals surface area contributed by atoms with Gasteiger partial charge in [0, 0.05) is 31.5 Å². The molecule has 1 atom stereocenters. The van der Waals surface area contributed by atoms with E-state index < -0.39 is 0 Å². The van der Waals surface area contributed by atoms with Gasteiger partial charge in [0.25, 0.3) is 0 Å². The third kappa shape index (κ3) is 3.61. The van der Waals surface area contributed by atoms with Crippen molar-refractivity contribution in [3.8, 4) is 0 Å². The lowest BCUT2D eigenvalue weighted by molar-refractivity contribution is 0.0215. The summed E-state index contributed by atoms with van der Waals surface area (Å²) in [7, 11) is 2.08. The highest BCUT2D eigenvalue weighted by Gasteiger charge is 2.19. The lowest BCUT2D eigenvalue weighted by atomic mass is 10.1. The van der Waals surface area contributed by atoms with Crippen LogP contribution in [0.3, 0.4) is 0 Å². The molecule has 1 saturated heterocycles. The van der Waals surface area contributed by atoms with Gasteiger partial charge >= 0.3 is 0 Å². The van der Waals surface area contributed by atoms with Crippen LogP contribution in [0.5, 0.6) is 0 Å². The summed E-state index contributed by atoms with van der Waals surface area (Å²) < 4.78 is 5.80. The Morgan fingerprint density at radius 1 is 1.42 bits per heavy atom. The summed E-state index contributed by atoms with van der Waals surface area (Å²) in [6.07, 6.45) is 3.92. The molecule has 0 radical (unpaired) electrons. The van der Waals surface area contributed by atoms with Gasteiger partial charge in [0.15, 0.2) is 0 Å². The van der Waals surface area contributed by atoms with Crippen LogP contribution in [0.1, 0.15) is 36.1 Å². The third-order valence-corrected chi connectivity index (χ3v) is 3.97. The van der Waals surface area contributed by atoms with Crippen LogP contribution in [0.25, 0.3) is 0 Å². The van der Waals surface area contributed by atoms with E-state index >= 15 is 0 Å². The predicted molar refractivity (Wildman–Crippen MR) is 80.1 cm³/mol. The molecule has 2 heterocycles. The molecule has 0 bridgehead atoms. The first-order chi connectivity index (χ1) is 9.11. The van der Waals surface area contributed by atoms with Crippen LogP contribution in [0.2, 0.25) is 0 Å². The van der Waals surface area contributed by atoms with Crippen molar-refractivity contribution >= 4 is 17.4 Å². The molecule has 0 amide bonds. The van der Waals surface area contributed by atoms with Gasteiger partial charge < -0.3 is 9.64 Å². The molecule has 1 aliphatic heterocycles. The standard InChI is InChI=1S/C15H23ClN2O/c1-11-8-12(2)17-15(14(11)9-16)18(3)10-13-6-4-5-7-19-13/h8,13H,4-7,9-10H2,1-3H3. The van der Waals surface area contributed by atoms with E-state index in [-0.39, 0.29) is 0 Å². The molecule has 106 valence electrons. The quantitative estimate of drug-likeness (QED) is 0.791. The summed E-state index contributed by atoms with van der Waals surface area (Å²) >= 11 is 6.08. The lowest BCUT2D eigenvalue weighted by Gasteiger charge is -2.29. The molecule has 1 fully saturated rings. The Morgan fingerprint density at radius 2 is 2.21 bits per heavy atom. The van der Waals surface area contributed by atoms with Gasteiger partial charge in [-0.2, -0.15) is 0 Å². The number of ether oxygens (including phenoxy) is 1. The smallest absolute Gasteiger partial charge is 0.133 e. The van der Waals surface area contributed by atoms with Gasteiger partial charge in [-0.15, -0.1) is 11.6 Å². The van der Waals surface area contributed by atoms with Crippen LogP contribution in [0.4, 0.5) is 5.82 Å². The number of pyridine rings is 1. The molecule has 0 saturated carbocycles. The maximum Gasteiger partial charge on any atom is 0.133 e. The van der Waals surface area contributed by atoms with Gasteiger partial charge in [-0.3, -0.25) is 0 Å². The Morgan fingerprint density at radius 3 is 2.84 bits per heavy atom. The molecule has 1 aromatic rings. The van der Waals surface area contributed by atoms with Crippen molar-refractivity contribution < 1.29 is 4.74 Å². The Bertz CT molecular complexity index is 430. The number of nitrogens with zero attached hydrogens (tertiary/aromatic N) is 2. The fourth-order valence-electron chi connectivity index (χ4n) is 2.67. The predicted octanol–water partition coefficient (Wildman–Crippen LogP) is 3.44. The molecule has 19 heavy (non-hydrogen) atoms. The molecule has 1 aliphatic rings. The Labute approximate surface area is 120 Å². The molecule has 1 aromatic heterocycles. The van der Waals surface area contributed by atoms with Gasteiger partial charge in [-0.1, -0.05) is 0 Å². The van der Waals surface area contributed by atoms with Crippen LogP contribution in [0.15, 0.2) is 6.07 Å². The number of rotatable bonds is 4. The summed E-state index contributed by atoms with van der Waals surface area (Å²) in [4.78, 5) is 6.84. The summed E-state index contributed by atoms with van der Waals surface area (Å²) in [5.41, 5.74) is 3.39. The Kier molecular flexibility index (Phi) is 5.06. The minimum absolute atomic E-state index is 0.324. The number of aryl methyl sites for hydroxylation is 2. The number of anilines is 1. The van der Waals surface area contributed by atoms with Crippen molar-refractivity contribution in [2.24, 2.45) is 0 Å². The topological polar surface area (TPSA) is 25.4 Å². The maximum absolute atomic E-state index is 6.08. The average Bonchev–Trinajstić information content (AvgIpc) is 2.39. The second-order valence-corrected chi connectivity index (χ2v) is 5.65. The Balaban J connectivity index is 2.15.